The summed E-state index contributed by atoms with van der Waals surface area (Å²) in [6.07, 6.45) is 2.54. The van der Waals surface area contributed by atoms with Crippen molar-refractivity contribution in [1.82, 2.24) is 10.3 Å². The van der Waals surface area contributed by atoms with Gasteiger partial charge in [-0.1, -0.05) is 6.92 Å². The van der Waals surface area contributed by atoms with Crippen molar-refractivity contribution in [3.63, 3.8) is 0 Å². The van der Waals surface area contributed by atoms with Gasteiger partial charge in [0.2, 0.25) is 5.91 Å². The molecule has 106 valence electrons. The Morgan fingerprint density at radius 3 is 3.00 bits per heavy atom. The lowest BCUT2D eigenvalue weighted by Crippen LogP contribution is -2.28. The summed E-state index contributed by atoms with van der Waals surface area (Å²) in [5, 5.41) is 7.23. The van der Waals surface area contributed by atoms with Crippen molar-refractivity contribution >= 4 is 33.1 Å². The molecule has 0 saturated heterocycles. The molecular formula is C15H19N3OS. The highest BCUT2D eigenvalue weighted by molar-refractivity contribution is 7.18. The van der Waals surface area contributed by atoms with Crippen LogP contribution in [0.4, 0.5) is 5.69 Å². The Morgan fingerprint density at radius 2 is 2.30 bits per heavy atom. The summed E-state index contributed by atoms with van der Waals surface area (Å²) in [4.78, 5) is 16.7. The molecule has 3 rings (SSSR count). The zero-order valence-electron chi connectivity index (χ0n) is 11.8. The Bertz CT molecular complexity index is 633. The van der Waals surface area contributed by atoms with Crippen molar-refractivity contribution in [2.24, 2.45) is 5.92 Å². The van der Waals surface area contributed by atoms with Gasteiger partial charge in [-0.05, 0) is 38.1 Å². The van der Waals surface area contributed by atoms with Crippen molar-refractivity contribution in [3.05, 3.63) is 23.2 Å². The molecule has 4 nitrogen and oxygen atoms in total. The van der Waals surface area contributed by atoms with E-state index >= 15 is 0 Å². The van der Waals surface area contributed by atoms with Crippen LogP contribution in [0.2, 0.25) is 0 Å². The molecule has 1 amide bonds. The second-order valence-electron chi connectivity index (χ2n) is 5.46. The molecule has 1 aliphatic carbocycles. The van der Waals surface area contributed by atoms with Crippen molar-refractivity contribution in [3.8, 4) is 0 Å². The van der Waals surface area contributed by atoms with Gasteiger partial charge in [0.1, 0.15) is 0 Å². The molecule has 1 heterocycles. The number of anilines is 1. The summed E-state index contributed by atoms with van der Waals surface area (Å²) in [6, 6.07) is 5.96. The molecule has 2 aromatic rings. The molecule has 0 bridgehead atoms. The van der Waals surface area contributed by atoms with E-state index in [4.69, 9.17) is 0 Å². The lowest BCUT2D eigenvalue weighted by atomic mass is 10.1. The van der Waals surface area contributed by atoms with Crippen LogP contribution in [0, 0.1) is 5.92 Å². The summed E-state index contributed by atoms with van der Waals surface area (Å²) in [6.45, 7) is 2.60. The van der Waals surface area contributed by atoms with Gasteiger partial charge >= 0.3 is 0 Å². The number of amides is 1. The van der Waals surface area contributed by atoms with Gasteiger partial charge in [-0.3, -0.25) is 4.79 Å². The van der Waals surface area contributed by atoms with E-state index in [-0.39, 0.29) is 11.8 Å². The third-order valence-electron chi connectivity index (χ3n) is 3.56. The lowest BCUT2D eigenvalue weighted by Gasteiger charge is -2.11. The minimum Gasteiger partial charge on any atom is -0.326 e. The molecule has 0 radical (unpaired) electrons. The van der Waals surface area contributed by atoms with E-state index in [1.165, 1.54) is 17.8 Å². The van der Waals surface area contributed by atoms with Crippen LogP contribution in [-0.4, -0.2) is 24.5 Å². The molecule has 20 heavy (non-hydrogen) atoms. The van der Waals surface area contributed by atoms with Gasteiger partial charge in [-0.25, -0.2) is 4.98 Å². The van der Waals surface area contributed by atoms with Gasteiger partial charge in [-0.15, -0.1) is 11.3 Å². The van der Waals surface area contributed by atoms with E-state index < -0.39 is 0 Å². The van der Waals surface area contributed by atoms with Crippen molar-refractivity contribution in [2.75, 3.05) is 18.9 Å². The van der Waals surface area contributed by atoms with Crippen LogP contribution in [0.3, 0.4) is 0 Å². The average molecular weight is 289 g/mol. The number of nitrogens with zero attached hydrogens (tertiary/aromatic N) is 1. The molecule has 1 aromatic heterocycles. The van der Waals surface area contributed by atoms with Crippen molar-refractivity contribution in [2.45, 2.75) is 25.7 Å². The number of carbonyl (C=O) groups is 1. The minimum absolute atomic E-state index is 0.0424. The number of aromatic nitrogens is 1. The summed E-state index contributed by atoms with van der Waals surface area (Å²) in [5.41, 5.74) is 1.90. The van der Waals surface area contributed by atoms with Crippen LogP contribution in [0.1, 0.15) is 30.7 Å². The molecule has 1 aromatic carbocycles. The monoisotopic (exact) mass is 289 g/mol. The van der Waals surface area contributed by atoms with Crippen LogP contribution in [-0.2, 0) is 4.79 Å². The quantitative estimate of drug-likeness (QED) is 0.889. The molecule has 2 N–H and O–H groups in total. The number of hydrogen-bond donors (Lipinski definition) is 2. The molecule has 5 heteroatoms. The predicted octanol–water partition coefficient (Wildman–Crippen LogP) is 2.97. The maximum atomic E-state index is 12.0. The number of benzene rings is 1. The molecule has 1 unspecified atom stereocenters. The smallest absolute Gasteiger partial charge is 0.228 e. The van der Waals surface area contributed by atoms with Crippen LogP contribution >= 0.6 is 11.3 Å². The van der Waals surface area contributed by atoms with Gasteiger partial charge < -0.3 is 10.6 Å². The normalized spacial score (nSPS) is 16.3. The first-order valence-electron chi connectivity index (χ1n) is 7.03. The second-order valence-corrected chi connectivity index (χ2v) is 6.52. The van der Waals surface area contributed by atoms with Gasteiger partial charge in [0.05, 0.1) is 15.2 Å². The average Bonchev–Trinajstić information content (AvgIpc) is 3.19. The van der Waals surface area contributed by atoms with Crippen LogP contribution in [0.25, 0.3) is 10.2 Å². The highest BCUT2D eigenvalue weighted by Crippen LogP contribution is 2.43. The topological polar surface area (TPSA) is 54.0 Å². The molecule has 1 saturated carbocycles. The zero-order chi connectivity index (χ0) is 14.1. The molecule has 1 atom stereocenters. The summed E-state index contributed by atoms with van der Waals surface area (Å²) >= 11 is 1.75. The molecule has 1 aliphatic rings. The van der Waals surface area contributed by atoms with Crippen LogP contribution in [0.5, 0.6) is 0 Å². The fourth-order valence-corrected chi connectivity index (χ4v) is 3.37. The highest BCUT2D eigenvalue weighted by atomic mass is 32.1. The maximum Gasteiger partial charge on any atom is 0.228 e. The van der Waals surface area contributed by atoms with Crippen LogP contribution < -0.4 is 10.6 Å². The van der Waals surface area contributed by atoms with Gasteiger partial charge in [0, 0.05) is 24.1 Å². The number of carbonyl (C=O) groups excluding carboxylic acids is 1. The number of fused-ring (bicyclic) bond motifs is 1. The minimum atomic E-state index is -0.0424. The van der Waals surface area contributed by atoms with E-state index in [0.717, 1.165) is 15.9 Å². The highest BCUT2D eigenvalue weighted by Gasteiger charge is 2.27. The van der Waals surface area contributed by atoms with Gasteiger partial charge in [0.15, 0.2) is 0 Å². The Hall–Kier alpha value is -1.46. The van der Waals surface area contributed by atoms with Crippen LogP contribution in [0.15, 0.2) is 18.2 Å². The second kappa shape index (κ2) is 5.50. The zero-order valence-corrected chi connectivity index (χ0v) is 12.6. The van der Waals surface area contributed by atoms with E-state index in [1.807, 2.05) is 32.2 Å². The third kappa shape index (κ3) is 2.83. The molecule has 1 fully saturated rings. The van der Waals surface area contributed by atoms with Gasteiger partial charge in [0.25, 0.3) is 0 Å². The first-order valence-corrected chi connectivity index (χ1v) is 7.85. The number of nitrogens with one attached hydrogen (secondary N) is 2. The standard InChI is InChI=1S/C15H19N3OS/c1-9(8-16-2)14(19)17-11-5-6-12-13(7-11)20-15(18-12)10-3-4-10/h5-7,9-10,16H,3-4,8H2,1-2H3,(H,17,19). The number of rotatable bonds is 5. The van der Waals surface area contributed by atoms with Crippen molar-refractivity contribution < 1.29 is 4.79 Å². The fraction of sp³-hybridized carbons (Fsp3) is 0.467. The van der Waals surface area contributed by atoms with E-state index in [2.05, 4.69) is 15.6 Å². The predicted molar refractivity (Wildman–Crippen MR) is 83.3 cm³/mol. The van der Waals surface area contributed by atoms with E-state index in [9.17, 15) is 4.79 Å². The number of thiazole rings is 1. The molecule has 0 aliphatic heterocycles. The Kier molecular flexibility index (Phi) is 3.72. The molecular weight excluding hydrogens is 270 g/mol. The molecule has 0 spiro atoms. The van der Waals surface area contributed by atoms with E-state index in [1.54, 1.807) is 11.3 Å². The SMILES string of the molecule is CNCC(C)C(=O)Nc1ccc2nc(C3CC3)sc2c1. The third-order valence-corrected chi connectivity index (χ3v) is 4.74. The first kappa shape index (κ1) is 13.5. The fourth-order valence-electron chi connectivity index (χ4n) is 2.19. The summed E-state index contributed by atoms with van der Waals surface area (Å²) < 4.78 is 1.16. The van der Waals surface area contributed by atoms with Gasteiger partial charge in [-0.2, -0.15) is 0 Å². The maximum absolute atomic E-state index is 12.0. The first-order chi connectivity index (χ1) is 9.67. The number of hydrogen-bond acceptors (Lipinski definition) is 4. The Balaban J connectivity index is 1.76. The largest absolute Gasteiger partial charge is 0.326 e. The summed E-state index contributed by atoms with van der Waals surface area (Å²) in [5.74, 6) is 0.686. The van der Waals surface area contributed by atoms with E-state index in [0.29, 0.717) is 12.5 Å². The lowest BCUT2D eigenvalue weighted by molar-refractivity contribution is -0.119. The Labute approximate surface area is 122 Å². The summed E-state index contributed by atoms with van der Waals surface area (Å²) in [7, 11) is 1.85. The Morgan fingerprint density at radius 1 is 1.50 bits per heavy atom. The van der Waals surface area contributed by atoms with Crippen molar-refractivity contribution in [1.29, 1.82) is 0 Å².